The molecule has 0 saturated heterocycles. The molecule has 0 atom stereocenters. The van der Waals surface area contributed by atoms with Gasteiger partial charge < -0.3 is 0 Å². The number of nitrogens with zero attached hydrogens (tertiary/aromatic N) is 1. The molecular weight excluding hydrogens is 395 g/mol. The summed E-state index contributed by atoms with van der Waals surface area (Å²) in [5.74, 6) is 0. The van der Waals surface area contributed by atoms with Crippen LogP contribution in [0.5, 0.6) is 0 Å². The van der Waals surface area contributed by atoms with Gasteiger partial charge in [-0.2, -0.15) is 0 Å². The summed E-state index contributed by atoms with van der Waals surface area (Å²) in [5, 5.41) is 0. The molecule has 0 aliphatic heterocycles. The molecule has 0 saturated carbocycles. The SMILES string of the molecule is CP(C)C.CP(C)C.CP(C)C.Cc1cccc(C)n1.[Mo]. The summed E-state index contributed by atoms with van der Waals surface area (Å²) in [7, 11) is 1.14. The molecular formula is C16H36MoNP3. The van der Waals surface area contributed by atoms with Gasteiger partial charge in [0.2, 0.25) is 0 Å². The molecule has 5 heteroatoms. The zero-order valence-electron chi connectivity index (χ0n) is 15.9. The summed E-state index contributed by atoms with van der Waals surface area (Å²) in [4.78, 5) is 4.17. The van der Waals surface area contributed by atoms with Crippen LogP contribution in [-0.2, 0) is 21.1 Å². The molecule has 0 amide bonds. The molecule has 1 heterocycles. The predicted molar refractivity (Wildman–Crippen MR) is 108 cm³/mol. The number of hydrogen-bond donors (Lipinski definition) is 0. The van der Waals surface area contributed by atoms with Crippen LogP contribution in [0.4, 0.5) is 0 Å². The zero-order chi connectivity index (χ0) is 16.7. The van der Waals surface area contributed by atoms with Crippen LogP contribution in [0.25, 0.3) is 0 Å². The third kappa shape index (κ3) is 62.4. The van der Waals surface area contributed by atoms with Crippen molar-refractivity contribution in [2.75, 3.05) is 60.0 Å². The molecule has 0 fully saturated rings. The quantitative estimate of drug-likeness (QED) is 0.376. The number of pyridine rings is 1. The van der Waals surface area contributed by atoms with Gasteiger partial charge in [0.15, 0.2) is 0 Å². The molecule has 0 N–H and O–H groups in total. The first-order valence-electron chi connectivity index (χ1n) is 6.72. The Kier molecular flexibility index (Phi) is 30.2. The van der Waals surface area contributed by atoms with Crippen molar-refractivity contribution in [3.8, 4) is 0 Å². The smallest absolute Gasteiger partial charge is 0.0375 e. The van der Waals surface area contributed by atoms with Gasteiger partial charge in [0.1, 0.15) is 0 Å². The maximum absolute atomic E-state index is 4.17. The molecule has 0 aromatic carbocycles. The average Bonchev–Trinajstić information content (AvgIpc) is 2.13. The molecule has 0 bridgehead atoms. The Labute approximate surface area is 153 Å². The van der Waals surface area contributed by atoms with E-state index in [9.17, 15) is 0 Å². The third-order valence-electron chi connectivity index (χ3n) is 1.03. The zero-order valence-corrected chi connectivity index (χ0v) is 20.6. The van der Waals surface area contributed by atoms with Crippen molar-refractivity contribution >= 4 is 23.8 Å². The molecule has 0 spiro atoms. The Balaban J connectivity index is -0.0000000973. The molecule has 21 heavy (non-hydrogen) atoms. The Morgan fingerprint density at radius 3 is 0.905 bits per heavy atom. The summed E-state index contributed by atoms with van der Waals surface area (Å²) in [5.41, 5.74) is 2.18. The van der Waals surface area contributed by atoms with E-state index in [1.54, 1.807) is 0 Å². The number of hydrogen-bond acceptors (Lipinski definition) is 1. The van der Waals surface area contributed by atoms with Gasteiger partial charge in [-0.3, -0.25) is 4.98 Å². The molecule has 0 aliphatic rings. The van der Waals surface area contributed by atoms with Gasteiger partial charge in [0.25, 0.3) is 0 Å². The Hall–Kier alpha value is 1.13. The topological polar surface area (TPSA) is 12.9 Å². The van der Waals surface area contributed by atoms with Crippen molar-refractivity contribution in [1.29, 1.82) is 0 Å². The van der Waals surface area contributed by atoms with Crippen LogP contribution in [0.2, 0.25) is 0 Å². The maximum atomic E-state index is 4.17. The maximum Gasteiger partial charge on any atom is 0.0375 e. The minimum absolute atomic E-state index is 0. The van der Waals surface area contributed by atoms with Crippen molar-refractivity contribution in [3.05, 3.63) is 29.6 Å². The second-order valence-electron chi connectivity index (χ2n) is 5.95. The van der Waals surface area contributed by atoms with E-state index < -0.39 is 0 Å². The van der Waals surface area contributed by atoms with Crippen LogP contribution < -0.4 is 0 Å². The molecule has 0 radical (unpaired) electrons. The van der Waals surface area contributed by atoms with Gasteiger partial charge >= 0.3 is 0 Å². The second-order valence-corrected chi connectivity index (χ2v) is 14.0. The van der Waals surface area contributed by atoms with Crippen LogP contribution in [0, 0.1) is 13.8 Å². The fourth-order valence-corrected chi connectivity index (χ4v) is 0.679. The van der Waals surface area contributed by atoms with Crippen molar-refractivity contribution in [3.63, 3.8) is 0 Å². The molecule has 0 unspecified atom stereocenters. The van der Waals surface area contributed by atoms with Crippen molar-refractivity contribution in [1.82, 2.24) is 4.98 Å². The van der Waals surface area contributed by atoms with E-state index in [4.69, 9.17) is 0 Å². The van der Waals surface area contributed by atoms with Crippen LogP contribution >= 0.6 is 23.8 Å². The summed E-state index contributed by atoms with van der Waals surface area (Å²) < 4.78 is 0. The fraction of sp³-hybridized carbons (Fsp3) is 0.688. The Bertz CT molecular complexity index is 266. The first-order chi connectivity index (χ1) is 8.98. The Morgan fingerprint density at radius 2 is 0.810 bits per heavy atom. The van der Waals surface area contributed by atoms with Crippen LogP contribution in [-0.4, -0.2) is 65.0 Å². The summed E-state index contributed by atoms with van der Waals surface area (Å²) >= 11 is 0. The van der Waals surface area contributed by atoms with Crippen molar-refractivity contribution in [2.45, 2.75) is 13.8 Å². The van der Waals surface area contributed by atoms with Gasteiger partial charge in [0, 0.05) is 32.5 Å². The summed E-state index contributed by atoms with van der Waals surface area (Å²) in [6.45, 7) is 24.1. The van der Waals surface area contributed by atoms with Gasteiger partial charge in [-0.05, 0) is 86.0 Å². The van der Waals surface area contributed by atoms with Gasteiger partial charge in [0.05, 0.1) is 0 Å². The second kappa shape index (κ2) is 21.1. The minimum Gasteiger partial charge on any atom is -0.258 e. The molecule has 1 aromatic rings. The molecule has 1 nitrogen and oxygen atoms in total. The van der Waals surface area contributed by atoms with Crippen LogP contribution in [0.1, 0.15) is 11.4 Å². The number of aryl methyl sites for hydroxylation is 2. The normalized spacial score (nSPS) is 8.67. The fourth-order valence-electron chi connectivity index (χ4n) is 0.679. The number of rotatable bonds is 0. The molecule has 1 aromatic heterocycles. The largest absolute Gasteiger partial charge is 0.258 e. The minimum atomic E-state index is 0. The van der Waals surface area contributed by atoms with E-state index in [2.05, 4.69) is 65.0 Å². The van der Waals surface area contributed by atoms with E-state index >= 15 is 0 Å². The molecule has 126 valence electrons. The monoisotopic (exact) mass is 433 g/mol. The van der Waals surface area contributed by atoms with Crippen LogP contribution in [0.15, 0.2) is 18.2 Å². The Morgan fingerprint density at radius 1 is 0.619 bits per heavy atom. The first kappa shape index (κ1) is 30.1. The van der Waals surface area contributed by atoms with Crippen LogP contribution in [0.3, 0.4) is 0 Å². The molecule has 1 rings (SSSR count). The van der Waals surface area contributed by atoms with E-state index in [1.165, 1.54) is 0 Å². The summed E-state index contributed by atoms with van der Waals surface area (Å²) in [6.07, 6.45) is 0. The van der Waals surface area contributed by atoms with Crippen molar-refractivity contribution in [2.24, 2.45) is 0 Å². The van der Waals surface area contributed by atoms with Crippen molar-refractivity contribution < 1.29 is 21.1 Å². The van der Waals surface area contributed by atoms with Gasteiger partial charge in [-0.1, -0.05) is 6.07 Å². The predicted octanol–water partition coefficient (Wildman–Crippen LogP) is 5.77. The van der Waals surface area contributed by atoms with E-state index in [-0.39, 0.29) is 21.1 Å². The van der Waals surface area contributed by atoms with Gasteiger partial charge in [-0.25, -0.2) is 0 Å². The standard InChI is InChI=1S/C7H9N.3C3H9P.Mo/c1-6-4-3-5-7(2)8-6;3*1-4(2)3;/h3-5H,1-2H3;3*1-3H3;. The van der Waals surface area contributed by atoms with Gasteiger partial charge in [-0.15, -0.1) is 23.8 Å². The van der Waals surface area contributed by atoms with E-state index in [0.29, 0.717) is 23.8 Å². The summed E-state index contributed by atoms with van der Waals surface area (Å²) in [6, 6.07) is 6.00. The first-order valence-corrected chi connectivity index (χ1v) is 14.8. The average molecular weight is 431 g/mol. The molecule has 0 aliphatic carbocycles. The van der Waals surface area contributed by atoms with E-state index in [1.807, 2.05) is 32.0 Å². The van der Waals surface area contributed by atoms with E-state index in [0.717, 1.165) is 11.4 Å². The third-order valence-corrected chi connectivity index (χ3v) is 1.03. The number of aromatic nitrogens is 1.